The second-order valence-corrected chi connectivity index (χ2v) is 6.90. The fourth-order valence-corrected chi connectivity index (χ4v) is 3.56. The highest BCUT2D eigenvalue weighted by Gasteiger charge is 2.30. The quantitative estimate of drug-likeness (QED) is 0.894. The van der Waals surface area contributed by atoms with Gasteiger partial charge in [-0.1, -0.05) is 19.3 Å². The summed E-state index contributed by atoms with van der Waals surface area (Å²) in [5.41, 5.74) is 1.28. The number of hydrogen-bond acceptors (Lipinski definition) is 3. The van der Waals surface area contributed by atoms with Crippen molar-refractivity contribution < 1.29 is 5.11 Å². The van der Waals surface area contributed by atoms with Crippen molar-refractivity contribution >= 4 is 27.3 Å². The lowest BCUT2D eigenvalue weighted by atomic mass is 9.82. The molecular formula is C12H18BrNOS. The summed E-state index contributed by atoms with van der Waals surface area (Å²) in [5.74, 6) is 0. The molecule has 1 heterocycles. The Labute approximate surface area is 109 Å². The van der Waals surface area contributed by atoms with E-state index in [0.29, 0.717) is 0 Å². The van der Waals surface area contributed by atoms with E-state index in [1.807, 2.05) is 0 Å². The highest BCUT2D eigenvalue weighted by molar-refractivity contribution is 9.11. The van der Waals surface area contributed by atoms with Crippen molar-refractivity contribution in [1.82, 2.24) is 5.32 Å². The Morgan fingerprint density at radius 1 is 1.38 bits per heavy atom. The first-order chi connectivity index (χ1) is 7.74. The lowest BCUT2D eigenvalue weighted by molar-refractivity contribution is 0.119. The Morgan fingerprint density at radius 3 is 2.69 bits per heavy atom. The summed E-state index contributed by atoms with van der Waals surface area (Å²) in [7, 11) is 0. The first-order valence-electron chi connectivity index (χ1n) is 5.83. The second kappa shape index (κ2) is 5.63. The Bertz CT molecular complexity index is 334. The maximum absolute atomic E-state index is 9.56. The average molecular weight is 304 g/mol. The predicted molar refractivity (Wildman–Crippen MR) is 71.8 cm³/mol. The molecule has 1 aromatic heterocycles. The van der Waals surface area contributed by atoms with Crippen LogP contribution in [0, 0.1) is 0 Å². The molecule has 90 valence electrons. The van der Waals surface area contributed by atoms with Gasteiger partial charge in [-0.05, 0) is 45.8 Å². The van der Waals surface area contributed by atoms with Crippen molar-refractivity contribution in [2.75, 3.05) is 6.61 Å². The molecule has 0 bridgehead atoms. The molecule has 1 aliphatic carbocycles. The van der Waals surface area contributed by atoms with Crippen molar-refractivity contribution in [1.29, 1.82) is 0 Å². The number of thiophene rings is 1. The summed E-state index contributed by atoms with van der Waals surface area (Å²) in [6.07, 6.45) is 6.00. The molecule has 2 N–H and O–H groups in total. The summed E-state index contributed by atoms with van der Waals surface area (Å²) in [6, 6.07) is 2.14. The minimum atomic E-state index is -0.0212. The third-order valence-electron chi connectivity index (χ3n) is 3.40. The molecule has 4 heteroatoms. The molecule has 1 aromatic rings. The first kappa shape index (κ1) is 12.6. The van der Waals surface area contributed by atoms with Crippen LogP contribution in [0.15, 0.2) is 15.2 Å². The molecule has 0 aromatic carbocycles. The van der Waals surface area contributed by atoms with Crippen LogP contribution in [0.3, 0.4) is 0 Å². The van der Waals surface area contributed by atoms with Crippen LogP contribution >= 0.6 is 27.3 Å². The molecule has 1 saturated carbocycles. The minimum absolute atomic E-state index is 0.0212. The molecule has 1 fully saturated rings. The number of aliphatic hydroxyl groups is 1. The second-order valence-electron chi connectivity index (χ2n) is 4.61. The first-order valence-corrected chi connectivity index (χ1v) is 7.50. The summed E-state index contributed by atoms with van der Waals surface area (Å²) in [6.45, 7) is 1.13. The Hall–Kier alpha value is 0.100. The van der Waals surface area contributed by atoms with E-state index in [0.717, 1.165) is 19.4 Å². The van der Waals surface area contributed by atoms with Gasteiger partial charge in [-0.25, -0.2) is 0 Å². The van der Waals surface area contributed by atoms with E-state index >= 15 is 0 Å². The zero-order valence-electron chi connectivity index (χ0n) is 9.34. The fourth-order valence-electron chi connectivity index (χ4n) is 2.35. The van der Waals surface area contributed by atoms with E-state index in [2.05, 4.69) is 32.7 Å². The largest absolute Gasteiger partial charge is 0.394 e. The highest BCUT2D eigenvalue weighted by atomic mass is 79.9. The van der Waals surface area contributed by atoms with Crippen molar-refractivity contribution in [3.05, 3.63) is 20.8 Å². The molecule has 0 spiro atoms. The molecule has 0 aliphatic heterocycles. The van der Waals surface area contributed by atoms with Crippen LogP contribution in [0.5, 0.6) is 0 Å². The Kier molecular flexibility index (Phi) is 4.41. The zero-order chi connectivity index (χ0) is 11.4. The third kappa shape index (κ3) is 3.06. The summed E-state index contributed by atoms with van der Waals surface area (Å²) in [4.78, 5) is 0. The van der Waals surface area contributed by atoms with E-state index in [1.54, 1.807) is 11.3 Å². The van der Waals surface area contributed by atoms with Gasteiger partial charge in [-0.15, -0.1) is 11.3 Å². The molecule has 2 nitrogen and oxygen atoms in total. The van der Waals surface area contributed by atoms with Crippen LogP contribution < -0.4 is 5.32 Å². The van der Waals surface area contributed by atoms with Gasteiger partial charge in [0, 0.05) is 12.1 Å². The van der Waals surface area contributed by atoms with Gasteiger partial charge < -0.3 is 10.4 Å². The van der Waals surface area contributed by atoms with E-state index in [9.17, 15) is 5.11 Å². The number of hydrogen-bond donors (Lipinski definition) is 2. The summed E-state index contributed by atoms with van der Waals surface area (Å²) < 4.78 is 1.17. The van der Waals surface area contributed by atoms with Gasteiger partial charge in [0.25, 0.3) is 0 Å². The van der Waals surface area contributed by atoms with Gasteiger partial charge in [0.2, 0.25) is 0 Å². The smallest absolute Gasteiger partial charge is 0.0701 e. The van der Waals surface area contributed by atoms with Crippen molar-refractivity contribution in [2.45, 2.75) is 44.2 Å². The molecule has 0 atom stereocenters. The molecule has 0 radical (unpaired) electrons. The van der Waals surface area contributed by atoms with Gasteiger partial charge in [-0.3, -0.25) is 0 Å². The van der Waals surface area contributed by atoms with Crippen LogP contribution in [0.1, 0.15) is 37.7 Å². The van der Waals surface area contributed by atoms with Crippen molar-refractivity contribution in [3.8, 4) is 0 Å². The van der Waals surface area contributed by atoms with E-state index in [-0.39, 0.29) is 12.1 Å². The minimum Gasteiger partial charge on any atom is -0.394 e. The van der Waals surface area contributed by atoms with Crippen molar-refractivity contribution in [3.63, 3.8) is 0 Å². The lowest BCUT2D eigenvalue weighted by Gasteiger charge is -2.36. The topological polar surface area (TPSA) is 32.3 Å². The molecule has 1 aliphatic rings. The van der Waals surface area contributed by atoms with E-state index in [1.165, 1.54) is 28.6 Å². The van der Waals surface area contributed by atoms with Gasteiger partial charge in [0.1, 0.15) is 0 Å². The van der Waals surface area contributed by atoms with Crippen LogP contribution in [-0.4, -0.2) is 17.3 Å². The van der Waals surface area contributed by atoms with Crippen LogP contribution in [0.4, 0.5) is 0 Å². The van der Waals surface area contributed by atoms with Crippen LogP contribution in [0.25, 0.3) is 0 Å². The normalized spacial score (nSPS) is 19.9. The number of rotatable bonds is 4. The molecule has 0 amide bonds. The Morgan fingerprint density at radius 2 is 2.12 bits per heavy atom. The number of halogens is 1. The number of nitrogens with one attached hydrogen (secondary N) is 1. The molecular weight excluding hydrogens is 286 g/mol. The SMILES string of the molecule is OCC1(NCc2csc(Br)c2)CCCCC1. The van der Waals surface area contributed by atoms with Gasteiger partial charge in [0.15, 0.2) is 0 Å². The summed E-state index contributed by atoms with van der Waals surface area (Å²) >= 11 is 5.18. The molecule has 2 rings (SSSR count). The zero-order valence-corrected chi connectivity index (χ0v) is 11.7. The molecule has 16 heavy (non-hydrogen) atoms. The monoisotopic (exact) mass is 303 g/mol. The predicted octanol–water partition coefficient (Wildman–Crippen LogP) is 3.30. The average Bonchev–Trinajstić information content (AvgIpc) is 2.74. The van der Waals surface area contributed by atoms with E-state index < -0.39 is 0 Å². The number of aliphatic hydroxyl groups excluding tert-OH is 1. The van der Waals surface area contributed by atoms with Gasteiger partial charge in [-0.2, -0.15) is 0 Å². The third-order valence-corrected chi connectivity index (χ3v) is 4.96. The van der Waals surface area contributed by atoms with Crippen molar-refractivity contribution in [2.24, 2.45) is 0 Å². The van der Waals surface area contributed by atoms with Crippen LogP contribution in [0.2, 0.25) is 0 Å². The summed E-state index contributed by atoms with van der Waals surface area (Å²) in [5, 5.41) is 15.3. The van der Waals surface area contributed by atoms with E-state index in [4.69, 9.17) is 0 Å². The standard InChI is InChI=1S/C12H18BrNOS/c13-11-6-10(8-16-11)7-14-12(9-15)4-2-1-3-5-12/h6,8,14-15H,1-5,7,9H2. The Balaban J connectivity index is 1.91. The maximum atomic E-state index is 9.56. The highest BCUT2D eigenvalue weighted by Crippen LogP contribution is 2.28. The molecule has 0 unspecified atom stereocenters. The maximum Gasteiger partial charge on any atom is 0.0701 e. The molecule has 0 saturated heterocycles. The van der Waals surface area contributed by atoms with Crippen LogP contribution in [-0.2, 0) is 6.54 Å². The fraction of sp³-hybridized carbons (Fsp3) is 0.667. The van der Waals surface area contributed by atoms with Gasteiger partial charge >= 0.3 is 0 Å². The van der Waals surface area contributed by atoms with Gasteiger partial charge in [0.05, 0.1) is 10.4 Å². The lowest BCUT2D eigenvalue weighted by Crippen LogP contribution is -2.49.